The molecule has 0 spiro atoms. The number of nitrogens with zero attached hydrogens (tertiary/aromatic N) is 1. The number of Topliss-reactive ketones (excluding diaryl/α,β-unsaturated/α-hetero) is 1. The molecule has 84 valence electrons. The summed E-state index contributed by atoms with van der Waals surface area (Å²) >= 11 is 0. The summed E-state index contributed by atoms with van der Waals surface area (Å²) in [5.41, 5.74) is 0. The second-order valence-electron chi connectivity index (χ2n) is 3.15. The van der Waals surface area contributed by atoms with Gasteiger partial charge in [0.15, 0.2) is 0 Å². The molecule has 1 rings (SSSR count). The van der Waals surface area contributed by atoms with Crippen molar-refractivity contribution < 1.29 is 14.3 Å². The van der Waals surface area contributed by atoms with Crippen molar-refractivity contribution in [1.82, 2.24) is 0 Å². The first-order valence-corrected chi connectivity index (χ1v) is 4.91. The summed E-state index contributed by atoms with van der Waals surface area (Å²) in [4.78, 5) is 11.0. The van der Waals surface area contributed by atoms with Gasteiger partial charge in [-0.3, -0.25) is 4.79 Å². The predicted molar refractivity (Wildman–Crippen MR) is 58.3 cm³/mol. The zero-order valence-electron chi connectivity index (χ0n) is 9.10. The van der Waals surface area contributed by atoms with Crippen LogP contribution in [0, 0.1) is 11.3 Å². The molecule has 0 fully saturated rings. The fraction of sp³-hybridized carbons (Fsp3) is 0.333. The summed E-state index contributed by atoms with van der Waals surface area (Å²) in [5, 5.41) is 8.29. The van der Waals surface area contributed by atoms with E-state index in [1.807, 2.05) is 6.07 Å². The summed E-state index contributed by atoms with van der Waals surface area (Å²) in [5.74, 6) is 1.34. The Morgan fingerprint density at radius 1 is 1.31 bits per heavy atom. The van der Waals surface area contributed by atoms with Crippen molar-refractivity contribution in [2.45, 2.75) is 12.8 Å². The molecule has 0 saturated heterocycles. The molecular weight excluding hydrogens is 206 g/mol. The first-order valence-electron chi connectivity index (χ1n) is 4.91. The molecular formula is C12H13NO3. The van der Waals surface area contributed by atoms with E-state index in [9.17, 15) is 4.79 Å². The Kier molecular flexibility index (Phi) is 4.87. The van der Waals surface area contributed by atoms with Crippen LogP contribution in [-0.2, 0) is 4.79 Å². The zero-order chi connectivity index (χ0) is 11.8. The van der Waals surface area contributed by atoms with Gasteiger partial charge in [0.2, 0.25) is 0 Å². The van der Waals surface area contributed by atoms with E-state index >= 15 is 0 Å². The van der Waals surface area contributed by atoms with Crippen molar-refractivity contribution >= 4 is 5.78 Å². The third-order valence-electron chi connectivity index (χ3n) is 1.99. The van der Waals surface area contributed by atoms with Gasteiger partial charge in [0, 0.05) is 6.42 Å². The number of carbonyl (C=O) groups is 1. The van der Waals surface area contributed by atoms with Crippen LogP contribution in [0.25, 0.3) is 0 Å². The van der Waals surface area contributed by atoms with E-state index in [0.717, 1.165) is 5.75 Å². The summed E-state index contributed by atoms with van der Waals surface area (Å²) in [6.45, 7) is 0.298. The Morgan fingerprint density at radius 2 is 1.94 bits per heavy atom. The van der Waals surface area contributed by atoms with Crippen LogP contribution in [0.5, 0.6) is 11.5 Å². The minimum atomic E-state index is -0.101. The van der Waals surface area contributed by atoms with Crippen molar-refractivity contribution in [3.8, 4) is 17.6 Å². The van der Waals surface area contributed by atoms with Gasteiger partial charge in [-0.05, 0) is 24.3 Å². The predicted octanol–water partition coefficient (Wildman–Crippen LogP) is 1.95. The van der Waals surface area contributed by atoms with Gasteiger partial charge in [0.1, 0.15) is 17.3 Å². The monoisotopic (exact) mass is 219 g/mol. The number of carbonyl (C=O) groups excluding carboxylic acids is 1. The second-order valence-corrected chi connectivity index (χ2v) is 3.15. The first kappa shape index (κ1) is 12.1. The third kappa shape index (κ3) is 4.01. The Bertz CT molecular complexity index is 378. The Labute approximate surface area is 94.4 Å². The fourth-order valence-corrected chi connectivity index (χ4v) is 1.13. The van der Waals surface area contributed by atoms with E-state index in [2.05, 4.69) is 0 Å². The second kappa shape index (κ2) is 6.46. The number of methoxy groups -OCH3 is 1. The van der Waals surface area contributed by atoms with Crippen molar-refractivity contribution in [2.24, 2.45) is 0 Å². The number of hydrogen-bond donors (Lipinski definition) is 0. The minimum absolute atomic E-state index is 0.0496. The molecule has 4 nitrogen and oxygen atoms in total. The number of rotatable bonds is 6. The van der Waals surface area contributed by atoms with Gasteiger partial charge >= 0.3 is 0 Å². The molecule has 0 aliphatic rings. The van der Waals surface area contributed by atoms with Crippen LogP contribution in [0.2, 0.25) is 0 Å². The van der Waals surface area contributed by atoms with Crippen molar-refractivity contribution in [3.63, 3.8) is 0 Å². The van der Waals surface area contributed by atoms with E-state index in [0.29, 0.717) is 12.4 Å². The quantitative estimate of drug-likeness (QED) is 0.733. The Balaban J connectivity index is 2.32. The normalized spacial score (nSPS) is 9.25. The van der Waals surface area contributed by atoms with E-state index < -0.39 is 0 Å². The first-order chi connectivity index (χ1) is 7.76. The van der Waals surface area contributed by atoms with Crippen LogP contribution in [-0.4, -0.2) is 19.5 Å². The van der Waals surface area contributed by atoms with Crippen LogP contribution in [0.4, 0.5) is 0 Å². The fourth-order valence-electron chi connectivity index (χ4n) is 1.13. The van der Waals surface area contributed by atoms with Crippen molar-refractivity contribution in [1.29, 1.82) is 5.26 Å². The topological polar surface area (TPSA) is 59.3 Å². The van der Waals surface area contributed by atoms with E-state index in [1.54, 1.807) is 31.4 Å². The van der Waals surface area contributed by atoms with Gasteiger partial charge in [-0.1, -0.05) is 0 Å². The molecule has 0 atom stereocenters. The molecule has 4 heteroatoms. The molecule has 0 aliphatic carbocycles. The summed E-state index contributed by atoms with van der Waals surface area (Å²) in [6.07, 6.45) is 0.214. The number of ketones is 1. The van der Waals surface area contributed by atoms with Gasteiger partial charge in [-0.2, -0.15) is 5.26 Å². The van der Waals surface area contributed by atoms with Crippen LogP contribution < -0.4 is 9.47 Å². The van der Waals surface area contributed by atoms with Gasteiger partial charge in [0.05, 0.1) is 26.2 Å². The lowest BCUT2D eigenvalue weighted by Crippen LogP contribution is -2.05. The lowest BCUT2D eigenvalue weighted by molar-refractivity contribution is -0.118. The van der Waals surface area contributed by atoms with Gasteiger partial charge < -0.3 is 9.47 Å². The highest BCUT2D eigenvalue weighted by atomic mass is 16.5. The molecule has 0 N–H and O–H groups in total. The minimum Gasteiger partial charge on any atom is -0.497 e. The molecule has 0 aromatic heterocycles. The average molecular weight is 219 g/mol. The molecule has 0 bridgehead atoms. The molecule has 16 heavy (non-hydrogen) atoms. The molecule has 0 heterocycles. The average Bonchev–Trinajstić information content (AvgIpc) is 2.30. The van der Waals surface area contributed by atoms with E-state index in [-0.39, 0.29) is 18.6 Å². The third-order valence-corrected chi connectivity index (χ3v) is 1.99. The highest BCUT2D eigenvalue weighted by Gasteiger charge is 2.01. The number of nitriles is 1. The van der Waals surface area contributed by atoms with Crippen molar-refractivity contribution in [3.05, 3.63) is 24.3 Å². The highest BCUT2D eigenvalue weighted by molar-refractivity contribution is 5.80. The number of ether oxygens (including phenoxy) is 2. The number of hydrogen-bond acceptors (Lipinski definition) is 4. The van der Waals surface area contributed by atoms with Crippen LogP contribution in [0.3, 0.4) is 0 Å². The van der Waals surface area contributed by atoms with Gasteiger partial charge in [-0.15, -0.1) is 0 Å². The van der Waals surface area contributed by atoms with Crippen LogP contribution in [0.15, 0.2) is 24.3 Å². The van der Waals surface area contributed by atoms with Crippen LogP contribution in [0.1, 0.15) is 12.8 Å². The molecule has 0 radical (unpaired) electrons. The largest absolute Gasteiger partial charge is 0.497 e. The lowest BCUT2D eigenvalue weighted by atomic mass is 10.2. The standard InChI is InChI=1S/C12H13NO3/c1-15-11-2-4-12(5-3-11)16-9-7-10(14)6-8-13/h2-5H,6-7,9H2,1H3. The van der Waals surface area contributed by atoms with Gasteiger partial charge in [-0.25, -0.2) is 0 Å². The Morgan fingerprint density at radius 3 is 2.50 bits per heavy atom. The molecule has 1 aromatic rings. The Hall–Kier alpha value is -2.02. The van der Waals surface area contributed by atoms with Gasteiger partial charge in [0.25, 0.3) is 0 Å². The van der Waals surface area contributed by atoms with Crippen molar-refractivity contribution in [2.75, 3.05) is 13.7 Å². The molecule has 0 saturated carbocycles. The maximum absolute atomic E-state index is 11.0. The molecule has 0 unspecified atom stereocenters. The van der Waals surface area contributed by atoms with E-state index in [4.69, 9.17) is 14.7 Å². The van der Waals surface area contributed by atoms with E-state index in [1.165, 1.54) is 0 Å². The lowest BCUT2D eigenvalue weighted by Gasteiger charge is -2.05. The molecule has 0 aliphatic heterocycles. The summed E-state index contributed by atoms with van der Waals surface area (Å²) in [7, 11) is 1.59. The SMILES string of the molecule is COc1ccc(OCCC(=O)CC#N)cc1. The maximum Gasteiger partial charge on any atom is 0.150 e. The zero-order valence-corrected chi connectivity index (χ0v) is 9.10. The smallest absolute Gasteiger partial charge is 0.150 e. The highest BCUT2D eigenvalue weighted by Crippen LogP contribution is 2.16. The van der Waals surface area contributed by atoms with Crippen LogP contribution >= 0.6 is 0 Å². The summed E-state index contributed by atoms with van der Waals surface area (Å²) in [6, 6.07) is 8.92. The summed E-state index contributed by atoms with van der Waals surface area (Å²) < 4.78 is 10.3. The number of benzene rings is 1. The molecule has 0 amide bonds. The molecule has 1 aromatic carbocycles. The maximum atomic E-state index is 11.0.